The highest BCUT2D eigenvalue weighted by molar-refractivity contribution is 7.17. The van der Waals surface area contributed by atoms with Crippen LogP contribution in [-0.2, 0) is 0 Å². The average Bonchev–Trinajstić information content (AvgIpc) is 2.98. The van der Waals surface area contributed by atoms with E-state index >= 15 is 0 Å². The van der Waals surface area contributed by atoms with Gasteiger partial charge >= 0.3 is 0 Å². The van der Waals surface area contributed by atoms with Crippen LogP contribution >= 0.6 is 22.9 Å². The zero-order chi connectivity index (χ0) is 15.8. The lowest BCUT2D eigenvalue weighted by atomic mass is 9.99. The fraction of sp³-hybridized carbons (Fsp3) is 0.333. The van der Waals surface area contributed by atoms with Gasteiger partial charge in [0.25, 0.3) is 0 Å². The van der Waals surface area contributed by atoms with Gasteiger partial charge in [0.05, 0.1) is 5.39 Å². The zero-order valence-electron chi connectivity index (χ0n) is 13.0. The number of piperidine rings is 1. The molecule has 0 spiro atoms. The molecule has 1 aromatic carbocycles. The van der Waals surface area contributed by atoms with Gasteiger partial charge in [0.15, 0.2) is 0 Å². The summed E-state index contributed by atoms with van der Waals surface area (Å²) < 4.78 is 0. The van der Waals surface area contributed by atoms with Crippen molar-refractivity contribution in [1.82, 2.24) is 9.97 Å². The third kappa shape index (κ3) is 2.81. The Morgan fingerprint density at radius 3 is 2.83 bits per heavy atom. The molecule has 3 heterocycles. The molecule has 1 atom stereocenters. The number of hydrogen-bond acceptors (Lipinski definition) is 4. The molecule has 1 fully saturated rings. The first kappa shape index (κ1) is 14.9. The molecule has 4 rings (SSSR count). The summed E-state index contributed by atoms with van der Waals surface area (Å²) in [7, 11) is 0. The summed E-state index contributed by atoms with van der Waals surface area (Å²) in [6, 6.07) is 10.5. The largest absolute Gasteiger partial charge is 0.356 e. The molecule has 1 aliphatic heterocycles. The third-order valence-corrected chi connectivity index (χ3v) is 5.47. The van der Waals surface area contributed by atoms with Crippen LogP contribution in [0, 0.1) is 5.92 Å². The summed E-state index contributed by atoms with van der Waals surface area (Å²) in [5.41, 5.74) is 2.41. The first-order chi connectivity index (χ1) is 11.2. The molecule has 118 valence electrons. The van der Waals surface area contributed by atoms with Crippen LogP contribution in [0.3, 0.4) is 0 Å². The van der Waals surface area contributed by atoms with Gasteiger partial charge in [-0.15, -0.1) is 11.3 Å². The summed E-state index contributed by atoms with van der Waals surface area (Å²) in [5.74, 6) is 1.68. The molecule has 0 aliphatic carbocycles. The Balaban J connectivity index is 1.90. The highest BCUT2D eigenvalue weighted by Crippen LogP contribution is 2.39. The quantitative estimate of drug-likeness (QED) is 0.595. The van der Waals surface area contributed by atoms with E-state index in [-0.39, 0.29) is 0 Å². The van der Waals surface area contributed by atoms with E-state index in [2.05, 4.69) is 51.4 Å². The normalized spacial score (nSPS) is 18.5. The molecule has 23 heavy (non-hydrogen) atoms. The van der Waals surface area contributed by atoms with Gasteiger partial charge in [0.1, 0.15) is 10.6 Å². The number of halogens is 1. The van der Waals surface area contributed by atoms with Crippen molar-refractivity contribution >= 4 is 39.0 Å². The lowest BCUT2D eigenvalue weighted by Gasteiger charge is -2.32. The molecule has 5 heteroatoms. The number of rotatable bonds is 2. The van der Waals surface area contributed by atoms with Crippen LogP contribution in [0.1, 0.15) is 19.8 Å². The van der Waals surface area contributed by atoms with Crippen LogP contribution in [0.25, 0.3) is 21.3 Å². The molecule has 1 saturated heterocycles. The Bertz CT molecular complexity index is 831. The fourth-order valence-corrected chi connectivity index (χ4v) is 4.50. The number of hydrogen-bond donors (Lipinski definition) is 0. The van der Waals surface area contributed by atoms with Gasteiger partial charge in [-0.1, -0.05) is 37.3 Å². The van der Waals surface area contributed by atoms with Crippen LogP contribution in [0.5, 0.6) is 0 Å². The number of nitrogens with zero attached hydrogens (tertiary/aromatic N) is 3. The van der Waals surface area contributed by atoms with E-state index in [4.69, 9.17) is 11.6 Å². The second-order valence-electron chi connectivity index (χ2n) is 6.21. The number of fused-ring (bicyclic) bond motifs is 1. The average molecular weight is 344 g/mol. The van der Waals surface area contributed by atoms with Crippen LogP contribution in [0.15, 0.2) is 35.7 Å². The first-order valence-corrected chi connectivity index (χ1v) is 9.23. The molecule has 0 bridgehead atoms. The maximum absolute atomic E-state index is 6.19. The second-order valence-corrected chi connectivity index (χ2v) is 7.40. The topological polar surface area (TPSA) is 29.0 Å². The van der Waals surface area contributed by atoms with Crippen molar-refractivity contribution in [2.45, 2.75) is 19.8 Å². The van der Waals surface area contributed by atoms with Gasteiger partial charge in [0.2, 0.25) is 5.28 Å². The van der Waals surface area contributed by atoms with Crippen LogP contribution in [-0.4, -0.2) is 23.1 Å². The molecule has 3 aromatic rings. The van der Waals surface area contributed by atoms with E-state index in [1.807, 2.05) is 6.07 Å². The minimum absolute atomic E-state index is 0.340. The van der Waals surface area contributed by atoms with Crippen molar-refractivity contribution in [1.29, 1.82) is 0 Å². The van der Waals surface area contributed by atoms with Crippen molar-refractivity contribution < 1.29 is 0 Å². The zero-order valence-corrected chi connectivity index (χ0v) is 14.6. The van der Waals surface area contributed by atoms with Crippen molar-refractivity contribution in [3.05, 3.63) is 41.0 Å². The molecule has 0 amide bonds. The molecule has 3 nitrogen and oxygen atoms in total. The summed E-state index contributed by atoms with van der Waals surface area (Å²) in [6.45, 7) is 4.38. The molecule has 2 aromatic heterocycles. The van der Waals surface area contributed by atoms with Crippen molar-refractivity contribution in [2.24, 2.45) is 5.92 Å². The lowest BCUT2D eigenvalue weighted by Crippen LogP contribution is -2.35. The Hall–Kier alpha value is -1.65. The molecule has 0 saturated carbocycles. The van der Waals surface area contributed by atoms with Crippen molar-refractivity contribution in [2.75, 3.05) is 18.0 Å². The van der Waals surface area contributed by atoms with E-state index in [1.54, 1.807) is 11.3 Å². The molecular formula is C18H18ClN3S. The number of aromatic nitrogens is 2. The van der Waals surface area contributed by atoms with Crippen LogP contribution < -0.4 is 4.90 Å². The lowest BCUT2D eigenvalue weighted by molar-refractivity contribution is 0.445. The van der Waals surface area contributed by atoms with E-state index in [9.17, 15) is 0 Å². The highest BCUT2D eigenvalue weighted by atomic mass is 35.5. The minimum atomic E-state index is 0.340. The van der Waals surface area contributed by atoms with Crippen molar-refractivity contribution in [3.8, 4) is 11.1 Å². The molecule has 0 radical (unpaired) electrons. The smallest absolute Gasteiger partial charge is 0.225 e. The van der Waals surface area contributed by atoms with E-state index < -0.39 is 0 Å². The van der Waals surface area contributed by atoms with Gasteiger partial charge in [-0.2, -0.15) is 4.98 Å². The van der Waals surface area contributed by atoms with Gasteiger partial charge in [-0.3, -0.25) is 0 Å². The predicted molar refractivity (Wildman–Crippen MR) is 98.5 cm³/mol. The number of anilines is 1. The summed E-state index contributed by atoms with van der Waals surface area (Å²) in [4.78, 5) is 12.4. The van der Waals surface area contributed by atoms with Crippen molar-refractivity contribution in [3.63, 3.8) is 0 Å². The Morgan fingerprint density at radius 2 is 2.04 bits per heavy atom. The standard InChI is InChI=1S/C18H18ClN3S/c1-12-6-5-9-22(10-12)16-15-14(13-7-3-2-4-8-13)11-23-17(15)21-18(19)20-16/h2-4,7-8,11-12H,5-6,9-10H2,1H3. The minimum Gasteiger partial charge on any atom is -0.356 e. The maximum atomic E-state index is 6.19. The number of benzene rings is 1. The van der Waals surface area contributed by atoms with Gasteiger partial charge in [-0.05, 0) is 35.9 Å². The van der Waals surface area contributed by atoms with E-state index in [1.165, 1.54) is 24.0 Å². The highest BCUT2D eigenvalue weighted by Gasteiger charge is 2.23. The monoisotopic (exact) mass is 343 g/mol. The second kappa shape index (κ2) is 6.10. The maximum Gasteiger partial charge on any atom is 0.225 e. The fourth-order valence-electron chi connectivity index (χ4n) is 3.34. The first-order valence-electron chi connectivity index (χ1n) is 7.97. The molecule has 1 unspecified atom stereocenters. The van der Waals surface area contributed by atoms with Gasteiger partial charge < -0.3 is 4.90 Å². The van der Waals surface area contributed by atoms with Crippen LogP contribution in [0.4, 0.5) is 5.82 Å². The SMILES string of the molecule is CC1CCCN(c2nc(Cl)nc3scc(-c4ccccc4)c23)C1. The van der Waals surface area contributed by atoms with Gasteiger partial charge in [0, 0.05) is 24.0 Å². The van der Waals surface area contributed by atoms with E-state index in [0.29, 0.717) is 11.2 Å². The molecule has 0 N–H and O–H groups in total. The Labute approximate surface area is 144 Å². The van der Waals surface area contributed by atoms with E-state index in [0.717, 1.165) is 29.1 Å². The number of thiophene rings is 1. The third-order valence-electron chi connectivity index (χ3n) is 4.43. The Kier molecular flexibility index (Phi) is 3.95. The Morgan fingerprint density at radius 1 is 1.22 bits per heavy atom. The summed E-state index contributed by atoms with van der Waals surface area (Å²) in [5, 5.41) is 3.65. The predicted octanol–water partition coefficient (Wildman–Crippen LogP) is 5.25. The van der Waals surface area contributed by atoms with Crippen LogP contribution in [0.2, 0.25) is 5.28 Å². The summed E-state index contributed by atoms with van der Waals surface area (Å²) in [6.07, 6.45) is 2.49. The molecular weight excluding hydrogens is 326 g/mol. The summed E-state index contributed by atoms with van der Waals surface area (Å²) >= 11 is 7.83. The molecule has 1 aliphatic rings. The van der Waals surface area contributed by atoms with Gasteiger partial charge in [-0.25, -0.2) is 4.98 Å².